The highest BCUT2D eigenvalue weighted by atomic mass is 32.2. The summed E-state index contributed by atoms with van der Waals surface area (Å²) >= 11 is 12.8. The summed E-state index contributed by atoms with van der Waals surface area (Å²) in [5, 5.41) is 2.63. The average molecular weight is 499 g/mol. The molecule has 30 heavy (non-hydrogen) atoms. The second-order valence-corrected chi connectivity index (χ2v) is 10.9. The molecule has 0 aromatic heterocycles. The lowest BCUT2D eigenvalue weighted by atomic mass is 10.0. The number of piperazine rings is 1. The summed E-state index contributed by atoms with van der Waals surface area (Å²) in [7, 11) is 0. The Labute approximate surface area is 197 Å². The molecule has 1 rings (SSSR count). The fraction of sp³-hybridized carbons (Fsp3) is 0.778. The van der Waals surface area contributed by atoms with Crippen LogP contribution in [0.25, 0.3) is 0 Å². The van der Waals surface area contributed by atoms with Crippen LogP contribution < -0.4 is 0 Å². The monoisotopic (exact) mass is 498 g/mol. The van der Waals surface area contributed by atoms with Crippen molar-refractivity contribution in [1.29, 1.82) is 0 Å². The summed E-state index contributed by atoms with van der Waals surface area (Å²) in [4.78, 5) is 35.1. The summed E-state index contributed by atoms with van der Waals surface area (Å²) in [5.41, 5.74) is -0.428. The van der Waals surface area contributed by atoms with E-state index in [0.29, 0.717) is 32.8 Å². The van der Waals surface area contributed by atoms with Crippen molar-refractivity contribution in [2.75, 3.05) is 32.8 Å². The molecule has 0 amide bonds. The minimum Gasteiger partial charge on any atom is -0.465 e. The lowest BCUT2D eigenvalue weighted by Crippen LogP contribution is -2.59. The minimum absolute atomic E-state index is 0.257. The van der Waals surface area contributed by atoms with Crippen LogP contribution in [0.4, 0.5) is 0 Å². The summed E-state index contributed by atoms with van der Waals surface area (Å²) in [6.45, 7) is 13.1. The van der Waals surface area contributed by atoms with Gasteiger partial charge in [0.1, 0.15) is 10.5 Å². The van der Waals surface area contributed by atoms with Gasteiger partial charge >= 0.3 is 11.9 Å². The van der Waals surface area contributed by atoms with Crippen LogP contribution >= 0.6 is 48.0 Å². The second-order valence-electron chi connectivity index (χ2n) is 6.98. The molecule has 1 aliphatic rings. The molecule has 0 saturated carbocycles. The van der Waals surface area contributed by atoms with Crippen molar-refractivity contribution in [2.24, 2.45) is 0 Å². The summed E-state index contributed by atoms with van der Waals surface area (Å²) in [6, 6.07) is 0. The van der Waals surface area contributed by atoms with Crippen LogP contribution in [0.3, 0.4) is 0 Å². The van der Waals surface area contributed by atoms with Crippen LogP contribution in [0.5, 0.6) is 0 Å². The number of rotatable bonds is 8. The molecule has 1 saturated heterocycles. The summed E-state index contributed by atoms with van der Waals surface area (Å²) < 4.78 is 10.5. The Morgan fingerprint density at radius 2 is 1.40 bits per heavy atom. The van der Waals surface area contributed by atoms with Crippen LogP contribution in [-0.4, -0.2) is 79.7 Å². The zero-order valence-corrected chi connectivity index (χ0v) is 21.4. The standard InChI is InChI=1S/C18H30N2O6S4/c1-7-23-14(21)12(3)29-16(27)25-19-9-10-20(18(5,6)11-19)26-17(28)30-13(4)15(22)24-8-2/h12-13H,7-11H2,1-6H3. The van der Waals surface area contributed by atoms with E-state index >= 15 is 0 Å². The van der Waals surface area contributed by atoms with E-state index in [9.17, 15) is 9.59 Å². The van der Waals surface area contributed by atoms with E-state index in [1.54, 1.807) is 37.8 Å². The first-order chi connectivity index (χ1) is 14.0. The van der Waals surface area contributed by atoms with Gasteiger partial charge in [-0.05, 0) is 66.0 Å². The van der Waals surface area contributed by atoms with Crippen LogP contribution in [0.1, 0.15) is 41.5 Å². The predicted molar refractivity (Wildman–Crippen MR) is 127 cm³/mol. The highest BCUT2D eigenvalue weighted by molar-refractivity contribution is 8.23. The maximum Gasteiger partial charge on any atom is 0.319 e. The molecular weight excluding hydrogens is 468 g/mol. The SMILES string of the molecule is CCOC(=O)C(C)SC(=S)ON1CCN(OC(=S)SC(C)C(=O)OCC)C(C)(C)C1. The zero-order chi connectivity index (χ0) is 22.9. The summed E-state index contributed by atoms with van der Waals surface area (Å²) in [6.07, 6.45) is 0. The van der Waals surface area contributed by atoms with Gasteiger partial charge in [-0.3, -0.25) is 9.59 Å². The van der Waals surface area contributed by atoms with Gasteiger partial charge in [0.15, 0.2) is 0 Å². The maximum absolute atomic E-state index is 11.8. The molecule has 12 heteroatoms. The third-order valence-electron chi connectivity index (χ3n) is 3.96. The molecule has 2 atom stereocenters. The van der Waals surface area contributed by atoms with Gasteiger partial charge in [0, 0.05) is 0 Å². The Morgan fingerprint density at radius 3 is 1.83 bits per heavy atom. The quantitative estimate of drug-likeness (QED) is 0.364. The second kappa shape index (κ2) is 13.0. The van der Waals surface area contributed by atoms with Crippen molar-refractivity contribution in [3.63, 3.8) is 0 Å². The number of carbonyl (C=O) groups is 2. The maximum atomic E-state index is 11.8. The molecule has 0 aliphatic carbocycles. The van der Waals surface area contributed by atoms with E-state index < -0.39 is 16.0 Å². The van der Waals surface area contributed by atoms with Crippen LogP contribution in [0, 0.1) is 0 Å². The van der Waals surface area contributed by atoms with E-state index in [1.807, 2.05) is 13.8 Å². The average Bonchev–Trinajstić information content (AvgIpc) is 2.63. The normalized spacial score (nSPS) is 18.7. The first kappa shape index (κ1) is 27.4. The van der Waals surface area contributed by atoms with Gasteiger partial charge in [-0.25, -0.2) is 0 Å². The zero-order valence-electron chi connectivity index (χ0n) is 18.2. The minimum atomic E-state index is -0.444. The summed E-state index contributed by atoms with van der Waals surface area (Å²) in [5.74, 6) is -0.649. The Balaban J connectivity index is 2.51. The van der Waals surface area contributed by atoms with Gasteiger partial charge < -0.3 is 19.1 Å². The van der Waals surface area contributed by atoms with Gasteiger partial charge in [0.2, 0.25) is 8.77 Å². The van der Waals surface area contributed by atoms with Crippen molar-refractivity contribution in [3.8, 4) is 0 Å². The van der Waals surface area contributed by atoms with E-state index in [1.165, 1.54) is 0 Å². The van der Waals surface area contributed by atoms with Crippen molar-refractivity contribution in [1.82, 2.24) is 10.1 Å². The smallest absolute Gasteiger partial charge is 0.319 e. The molecule has 0 aromatic carbocycles. The predicted octanol–water partition coefficient (Wildman–Crippen LogP) is 3.19. The lowest BCUT2D eigenvalue weighted by molar-refractivity contribution is -0.220. The molecule has 0 N–H and O–H groups in total. The number of hydrogen-bond acceptors (Lipinski definition) is 12. The number of hydrogen-bond donors (Lipinski definition) is 0. The van der Waals surface area contributed by atoms with Gasteiger partial charge in [-0.2, -0.15) is 0 Å². The first-order valence-electron chi connectivity index (χ1n) is 9.63. The molecule has 0 radical (unpaired) electrons. The molecule has 0 bridgehead atoms. The molecule has 1 heterocycles. The number of carbonyl (C=O) groups excluding carboxylic acids is 2. The number of nitrogens with zero attached hydrogens (tertiary/aromatic N) is 2. The van der Waals surface area contributed by atoms with Gasteiger partial charge in [0.25, 0.3) is 0 Å². The van der Waals surface area contributed by atoms with Crippen molar-refractivity contribution < 1.29 is 28.7 Å². The highest BCUT2D eigenvalue weighted by Crippen LogP contribution is 2.26. The number of thioether (sulfide) groups is 2. The first-order valence-corrected chi connectivity index (χ1v) is 12.2. The van der Waals surface area contributed by atoms with Crippen molar-refractivity contribution in [2.45, 2.75) is 57.6 Å². The molecule has 172 valence electrons. The fourth-order valence-electron chi connectivity index (χ4n) is 2.48. The van der Waals surface area contributed by atoms with Crippen LogP contribution in [0.15, 0.2) is 0 Å². The van der Waals surface area contributed by atoms with Crippen LogP contribution in [-0.2, 0) is 28.7 Å². The number of ether oxygens (including phenoxy) is 2. The number of esters is 2. The van der Waals surface area contributed by atoms with Crippen LogP contribution in [0.2, 0.25) is 0 Å². The Kier molecular flexibility index (Phi) is 11.9. The Morgan fingerprint density at radius 1 is 0.933 bits per heavy atom. The number of hydroxylamine groups is 4. The van der Waals surface area contributed by atoms with E-state index in [0.717, 1.165) is 23.5 Å². The highest BCUT2D eigenvalue weighted by Gasteiger charge is 2.38. The van der Waals surface area contributed by atoms with Gasteiger partial charge in [-0.15, -0.1) is 10.1 Å². The number of thiocarbonyl (C=S) groups is 2. The Hall–Kier alpha value is -0.660. The molecule has 0 spiro atoms. The molecule has 1 fully saturated rings. The molecule has 0 aromatic rings. The van der Waals surface area contributed by atoms with Gasteiger partial charge in [-0.1, -0.05) is 23.5 Å². The van der Waals surface area contributed by atoms with E-state index in [2.05, 4.69) is 0 Å². The fourth-order valence-corrected chi connectivity index (χ4v) is 4.73. The molecule has 1 aliphatic heterocycles. The van der Waals surface area contributed by atoms with Crippen molar-refractivity contribution in [3.05, 3.63) is 0 Å². The largest absolute Gasteiger partial charge is 0.465 e. The third-order valence-corrected chi connectivity index (χ3v) is 6.31. The van der Waals surface area contributed by atoms with Crippen molar-refractivity contribution >= 4 is 68.7 Å². The molecule has 2 unspecified atom stereocenters. The van der Waals surface area contributed by atoms with E-state index in [-0.39, 0.29) is 20.7 Å². The topological polar surface area (TPSA) is 77.5 Å². The van der Waals surface area contributed by atoms with Gasteiger partial charge in [0.05, 0.1) is 38.4 Å². The molecule has 8 nitrogen and oxygen atoms in total. The molecular formula is C18H30N2O6S4. The van der Waals surface area contributed by atoms with E-state index in [4.69, 9.17) is 43.6 Å². The lowest BCUT2D eigenvalue weighted by Gasteiger charge is -2.44. The third kappa shape index (κ3) is 9.23. The Bertz CT molecular complexity index is 634.